The first kappa shape index (κ1) is 16.5. The number of hydrogen-bond donors (Lipinski definition) is 3. The molecule has 0 saturated carbocycles. The fraction of sp³-hybridized carbons (Fsp3) is 0.273. The Morgan fingerprint density at radius 3 is 2.67 bits per heavy atom. The second kappa shape index (κ2) is 7.75. The first-order valence-electron chi connectivity index (χ1n) is 5.05. The van der Waals surface area contributed by atoms with Crippen LogP contribution in [0.25, 0.3) is 0 Å². The summed E-state index contributed by atoms with van der Waals surface area (Å²) in [5.41, 5.74) is 11.6. The molecule has 0 aliphatic carbocycles. The molecule has 0 saturated heterocycles. The van der Waals surface area contributed by atoms with Crippen LogP contribution >= 0.6 is 24.0 Å². The van der Waals surface area contributed by atoms with Gasteiger partial charge in [-0.1, -0.05) is 12.2 Å². The molecular formula is C11H17IN4O2. The summed E-state index contributed by atoms with van der Waals surface area (Å²) < 4.78 is 5.14. The highest BCUT2D eigenvalue weighted by Crippen LogP contribution is 2.07. The van der Waals surface area contributed by atoms with Crippen LogP contribution in [0.5, 0.6) is 0 Å². The maximum atomic E-state index is 10.8. The Balaban J connectivity index is 0.00000289. The first-order chi connectivity index (χ1) is 7.99. The number of nitrogens with two attached hydrogens (primary N) is 2. The van der Waals surface area contributed by atoms with E-state index in [2.05, 4.69) is 16.9 Å². The molecule has 0 atom stereocenters. The van der Waals surface area contributed by atoms with E-state index in [0.717, 1.165) is 5.57 Å². The van der Waals surface area contributed by atoms with Crippen molar-refractivity contribution in [3.8, 4) is 0 Å². The Labute approximate surface area is 123 Å². The Kier molecular flexibility index (Phi) is 7.10. The standard InChI is InChI=1S/C11H16N4O2.HI/c1-7(2)5-14-11(13)15-6-8-3-4-9(17-8)10(12)16;/h3-4H,1,5-6H2,2H3,(H2,12,16)(H3,13,14,15);1H. The molecule has 0 unspecified atom stereocenters. The number of nitrogens with zero attached hydrogens (tertiary/aromatic N) is 1. The highest BCUT2D eigenvalue weighted by atomic mass is 127. The van der Waals surface area contributed by atoms with E-state index < -0.39 is 5.91 Å². The van der Waals surface area contributed by atoms with E-state index in [9.17, 15) is 4.79 Å². The SMILES string of the molecule is C=C(C)CNC(N)=NCc1ccc(C(N)=O)o1.I. The highest BCUT2D eigenvalue weighted by Gasteiger charge is 2.06. The van der Waals surface area contributed by atoms with Gasteiger partial charge in [-0.05, 0) is 19.1 Å². The lowest BCUT2D eigenvalue weighted by molar-refractivity contribution is 0.0972. The smallest absolute Gasteiger partial charge is 0.284 e. The van der Waals surface area contributed by atoms with Crippen LogP contribution in [0.4, 0.5) is 0 Å². The molecule has 18 heavy (non-hydrogen) atoms. The second-order valence-electron chi connectivity index (χ2n) is 3.64. The van der Waals surface area contributed by atoms with E-state index in [-0.39, 0.29) is 36.3 Å². The topological polar surface area (TPSA) is 107 Å². The van der Waals surface area contributed by atoms with Crippen molar-refractivity contribution < 1.29 is 9.21 Å². The maximum Gasteiger partial charge on any atom is 0.284 e. The molecule has 100 valence electrons. The molecular weight excluding hydrogens is 347 g/mol. The van der Waals surface area contributed by atoms with Crippen LogP contribution in [0.15, 0.2) is 33.7 Å². The zero-order valence-electron chi connectivity index (χ0n) is 10.1. The van der Waals surface area contributed by atoms with E-state index in [0.29, 0.717) is 18.3 Å². The number of halogens is 1. The van der Waals surface area contributed by atoms with Crippen molar-refractivity contribution >= 4 is 35.8 Å². The summed E-state index contributed by atoms with van der Waals surface area (Å²) in [4.78, 5) is 14.8. The number of hydrogen-bond acceptors (Lipinski definition) is 3. The Morgan fingerprint density at radius 1 is 1.50 bits per heavy atom. The summed E-state index contributed by atoms with van der Waals surface area (Å²) in [5.74, 6) is 0.334. The van der Waals surface area contributed by atoms with Crippen molar-refractivity contribution in [3.05, 3.63) is 35.8 Å². The lowest BCUT2D eigenvalue weighted by atomic mass is 10.3. The minimum Gasteiger partial charge on any atom is -0.454 e. The second-order valence-corrected chi connectivity index (χ2v) is 3.64. The van der Waals surface area contributed by atoms with Crippen LogP contribution in [0.3, 0.4) is 0 Å². The molecule has 7 heteroatoms. The summed E-state index contributed by atoms with van der Waals surface area (Å²) in [6.07, 6.45) is 0. The quantitative estimate of drug-likeness (QED) is 0.313. The summed E-state index contributed by atoms with van der Waals surface area (Å²) in [6.45, 7) is 6.43. The first-order valence-corrected chi connectivity index (χ1v) is 5.05. The molecule has 0 aromatic carbocycles. The Hall–Kier alpha value is -1.51. The van der Waals surface area contributed by atoms with E-state index in [4.69, 9.17) is 15.9 Å². The third-order valence-electron chi connectivity index (χ3n) is 1.88. The lowest BCUT2D eigenvalue weighted by Gasteiger charge is -2.03. The monoisotopic (exact) mass is 364 g/mol. The molecule has 0 aliphatic rings. The molecule has 1 heterocycles. The van der Waals surface area contributed by atoms with E-state index >= 15 is 0 Å². The molecule has 1 amide bonds. The Morgan fingerprint density at radius 2 is 2.17 bits per heavy atom. The van der Waals surface area contributed by atoms with Crippen molar-refractivity contribution in [1.29, 1.82) is 0 Å². The van der Waals surface area contributed by atoms with Crippen LogP contribution in [-0.2, 0) is 6.54 Å². The minimum atomic E-state index is -0.603. The molecule has 1 aromatic heterocycles. The highest BCUT2D eigenvalue weighted by molar-refractivity contribution is 14.0. The van der Waals surface area contributed by atoms with Gasteiger partial charge < -0.3 is 21.2 Å². The van der Waals surface area contributed by atoms with Gasteiger partial charge in [0.1, 0.15) is 12.3 Å². The van der Waals surface area contributed by atoms with E-state index in [1.165, 1.54) is 6.07 Å². The largest absolute Gasteiger partial charge is 0.454 e. The van der Waals surface area contributed by atoms with Gasteiger partial charge in [0.25, 0.3) is 5.91 Å². The van der Waals surface area contributed by atoms with Gasteiger partial charge in [-0.25, -0.2) is 4.99 Å². The van der Waals surface area contributed by atoms with Crippen molar-refractivity contribution in [1.82, 2.24) is 5.32 Å². The van der Waals surface area contributed by atoms with Crippen LogP contribution < -0.4 is 16.8 Å². The number of carbonyl (C=O) groups excluding carboxylic acids is 1. The normalized spacial score (nSPS) is 10.6. The predicted octanol–water partition coefficient (Wildman–Crippen LogP) is 0.977. The van der Waals surface area contributed by atoms with Gasteiger partial charge in [0.05, 0.1) is 0 Å². The predicted molar refractivity (Wildman–Crippen MR) is 80.8 cm³/mol. The lowest BCUT2D eigenvalue weighted by Crippen LogP contribution is -2.32. The summed E-state index contributed by atoms with van der Waals surface area (Å²) >= 11 is 0. The van der Waals surface area contributed by atoms with Gasteiger partial charge >= 0.3 is 0 Å². The zero-order valence-corrected chi connectivity index (χ0v) is 12.4. The molecule has 0 bridgehead atoms. The number of furan rings is 1. The number of primary amides is 1. The van der Waals surface area contributed by atoms with Gasteiger partial charge in [-0.3, -0.25) is 4.79 Å². The van der Waals surface area contributed by atoms with Gasteiger partial charge in [-0.2, -0.15) is 0 Å². The molecule has 5 N–H and O–H groups in total. The molecule has 0 radical (unpaired) electrons. The fourth-order valence-electron chi connectivity index (χ4n) is 1.06. The van der Waals surface area contributed by atoms with Crippen molar-refractivity contribution in [2.45, 2.75) is 13.5 Å². The van der Waals surface area contributed by atoms with Gasteiger partial charge in [-0.15, -0.1) is 24.0 Å². The minimum absolute atomic E-state index is 0. The number of nitrogens with one attached hydrogen (secondary N) is 1. The number of aliphatic imine (C=N–C) groups is 1. The molecule has 0 fully saturated rings. The van der Waals surface area contributed by atoms with Gasteiger partial charge in [0, 0.05) is 6.54 Å². The summed E-state index contributed by atoms with van der Waals surface area (Å²) in [7, 11) is 0. The van der Waals surface area contributed by atoms with Crippen LogP contribution in [0.2, 0.25) is 0 Å². The van der Waals surface area contributed by atoms with Crippen LogP contribution in [0, 0.1) is 0 Å². The van der Waals surface area contributed by atoms with E-state index in [1.54, 1.807) is 6.07 Å². The molecule has 6 nitrogen and oxygen atoms in total. The average Bonchev–Trinajstić information content (AvgIpc) is 2.72. The maximum absolute atomic E-state index is 10.8. The van der Waals surface area contributed by atoms with Crippen LogP contribution in [0.1, 0.15) is 23.2 Å². The molecule has 0 aliphatic heterocycles. The van der Waals surface area contributed by atoms with E-state index in [1.807, 2.05) is 6.92 Å². The number of guanidine groups is 1. The number of rotatable bonds is 5. The third-order valence-corrected chi connectivity index (χ3v) is 1.88. The van der Waals surface area contributed by atoms with Crippen LogP contribution in [-0.4, -0.2) is 18.4 Å². The summed E-state index contributed by atoms with van der Waals surface area (Å²) in [5, 5.41) is 2.88. The third kappa shape index (κ3) is 5.71. The average molecular weight is 364 g/mol. The molecule has 0 spiro atoms. The fourth-order valence-corrected chi connectivity index (χ4v) is 1.06. The van der Waals surface area contributed by atoms with Gasteiger partial charge in [0.2, 0.25) is 0 Å². The van der Waals surface area contributed by atoms with Crippen molar-refractivity contribution in [2.75, 3.05) is 6.54 Å². The Bertz CT molecular complexity index is 454. The van der Waals surface area contributed by atoms with Gasteiger partial charge in [0.15, 0.2) is 11.7 Å². The van der Waals surface area contributed by atoms with Crippen molar-refractivity contribution in [2.24, 2.45) is 16.5 Å². The number of carbonyl (C=O) groups is 1. The number of amides is 1. The summed E-state index contributed by atoms with van der Waals surface area (Å²) in [6, 6.07) is 3.14. The molecule has 1 aromatic rings. The molecule has 1 rings (SSSR count). The van der Waals surface area contributed by atoms with Crippen molar-refractivity contribution in [3.63, 3.8) is 0 Å². The zero-order chi connectivity index (χ0) is 12.8.